The van der Waals surface area contributed by atoms with Crippen LogP contribution >= 0.6 is 11.5 Å². The monoisotopic (exact) mass is 427 g/mol. The lowest BCUT2D eigenvalue weighted by molar-refractivity contribution is -0.209. The van der Waals surface area contributed by atoms with Crippen molar-refractivity contribution < 1.29 is 22.6 Å². The van der Waals surface area contributed by atoms with Gasteiger partial charge in [-0.1, -0.05) is 0 Å². The molecule has 154 valence electrons. The van der Waals surface area contributed by atoms with Gasteiger partial charge in [-0.15, -0.1) is 0 Å². The third kappa shape index (κ3) is 3.49. The molecule has 0 N–H and O–H groups in total. The number of alkyl halides is 3. The Balaban J connectivity index is 1.86. The summed E-state index contributed by atoms with van der Waals surface area (Å²) in [6.45, 7) is 2.44. The molecule has 0 aliphatic carbocycles. The number of benzene rings is 1. The summed E-state index contributed by atoms with van der Waals surface area (Å²) in [5.41, 5.74) is -2.71. The normalized spacial score (nSPS) is 20.3. The highest BCUT2D eigenvalue weighted by atomic mass is 32.1. The second-order valence-electron chi connectivity index (χ2n) is 6.73. The van der Waals surface area contributed by atoms with Crippen LogP contribution in [-0.4, -0.2) is 26.2 Å². The van der Waals surface area contributed by atoms with Gasteiger partial charge in [0, 0.05) is 18.5 Å². The number of fused-ring (bicyclic) bond motifs is 1. The van der Waals surface area contributed by atoms with Crippen LogP contribution < -0.4 is 11.2 Å². The summed E-state index contributed by atoms with van der Waals surface area (Å²) >= 11 is 1.17. The summed E-state index contributed by atoms with van der Waals surface area (Å²) in [6, 6.07) is 5.01. The number of ether oxygens (including phenoxy) is 2. The van der Waals surface area contributed by atoms with E-state index >= 15 is 0 Å². The molecular formula is C18H16F3N3O4S. The molecule has 0 bridgehead atoms. The van der Waals surface area contributed by atoms with E-state index in [1.54, 1.807) is 6.07 Å². The SMILES string of the molecule is CC1CCOC(c2snc3ccc(-n4c(=O)cc(C(F)(F)F)n(C)c4=O)cc23)O1. The molecule has 11 heteroatoms. The van der Waals surface area contributed by atoms with Crippen LogP contribution in [0.3, 0.4) is 0 Å². The van der Waals surface area contributed by atoms with E-state index in [0.29, 0.717) is 37.6 Å². The third-order valence-corrected chi connectivity index (χ3v) is 5.62. The number of halogens is 3. The molecule has 0 amide bonds. The van der Waals surface area contributed by atoms with E-state index in [1.807, 2.05) is 6.92 Å². The Bertz CT molecular complexity index is 1200. The predicted molar refractivity (Wildman–Crippen MR) is 99.3 cm³/mol. The van der Waals surface area contributed by atoms with Crippen LogP contribution in [0, 0.1) is 0 Å². The van der Waals surface area contributed by atoms with Crippen molar-refractivity contribution in [3.05, 3.63) is 55.7 Å². The maximum atomic E-state index is 13.1. The Morgan fingerprint density at radius 2 is 2.00 bits per heavy atom. The molecule has 2 aromatic heterocycles. The molecule has 1 aliphatic rings. The zero-order valence-corrected chi connectivity index (χ0v) is 16.2. The molecule has 2 unspecified atom stereocenters. The van der Waals surface area contributed by atoms with Gasteiger partial charge in [0.15, 0.2) is 6.29 Å². The molecule has 0 saturated carbocycles. The molecule has 1 aromatic carbocycles. The fraction of sp³-hybridized carbons (Fsp3) is 0.389. The number of nitrogens with zero attached hydrogens (tertiary/aromatic N) is 3. The molecule has 29 heavy (non-hydrogen) atoms. The second kappa shape index (κ2) is 7.08. The minimum absolute atomic E-state index is 0.00101. The van der Waals surface area contributed by atoms with Crippen LogP contribution in [0.4, 0.5) is 13.2 Å². The molecule has 7 nitrogen and oxygen atoms in total. The lowest BCUT2D eigenvalue weighted by Gasteiger charge is -2.27. The maximum Gasteiger partial charge on any atom is 0.431 e. The smallest absolute Gasteiger partial charge is 0.347 e. The Morgan fingerprint density at radius 3 is 2.69 bits per heavy atom. The maximum absolute atomic E-state index is 13.1. The summed E-state index contributed by atoms with van der Waals surface area (Å²) in [7, 11) is 0.975. The van der Waals surface area contributed by atoms with Gasteiger partial charge in [0.25, 0.3) is 5.56 Å². The van der Waals surface area contributed by atoms with Crippen molar-refractivity contribution in [3.63, 3.8) is 0 Å². The van der Waals surface area contributed by atoms with Crippen molar-refractivity contribution in [2.45, 2.75) is 31.9 Å². The molecular weight excluding hydrogens is 411 g/mol. The minimum atomic E-state index is -4.81. The molecule has 3 heterocycles. The Kier molecular flexibility index (Phi) is 4.83. The number of hydrogen-bond donors (Lipinski definition) is 0. The molecule has 4 rings (SSSR count). The first kappa shape index (κ1) is 19.8. The zero-order chi connectivity index (χ0) is 20.9. The fourth-order valence-electron chi connectivity index (χ4n) is 3.19. The third-order valence-electron chi connectivity index (χ3n) is 4.72. The van der Waals surface area contributed by atoms with Crippen molar-refractivity contribution in [3.8, 4) is 5.69 Å². The standard InChI is InChI=1S/C18H16F3N3O4S/c1-9-5-6-27-16(28-9)15-11-7-10(3-4-12(11)22-29-15)24-14(25)8-13(18(19,20)21)23(2)17(24)26/h3-4,7-9,16H,5-6H2,1-2H3. The van der Waals surface area contributed by atoms with Crippen LogP contribution in [-0.2, 0) is 22.7 Å². The average Bonchev–Trinajstić information content (AvgIpc) is 3.07. The van der Waals surface area contributed by atoms with Crippen molar-refractivity contribution >= 4 is 22.4 Å². The zero-order valence-electron chi connectivity index (χ0n) is 15.4. The minimum Gasteiger partial charge on any atom is -0.347 e. The van der Waals surface area contributed by atoms with Gasteiger partial charge < -0.3 is 9.47 Å². The van der Waals surface area contributed by atoms with Gasteiger partial charge in [0.05, 0.1) is 28.8 Å². The van der Waals surface area contributed by atoms with E-state index < -0.39 is 29.4 Å². The van der Waals surface area contributed by atoms with Crippen molar-refractivity contribution in [1.82, 2.24) is 13.5 Å². The molecule has 2 atom stereocenters. The van der Waals surface area contributed by atoms with E-state index in [2.05, 4.69) is 4.37 Å². The first-order valence-corrected chi connectivity index (χ1v) is 9.51. The molecule has 0 spiro atoms. The largest absolute Gasteiger partial charge is 0.431 e. The fourth-order valence-corrected chi connectivity index (χ4v) is 4.02. The van der Waals surface area contributed by atoms with Gasteiger partial charge in [0.2, 0.25) is 0 Å². The number of aromatic nitrogens is 3. The topological polar surface area (TPSA) is 75.4 Å². The van der Waals surface area contributed by atoms with Gasteiger partial charge >= 0.3 is 11.9 Å². The van der Waals surface area contributed by atoms with Gasteiger partial charge in [-0.25, -0.2) is 9.36 Å². The summed E-state index contributed by atoms with van der Waals surface area (Å²) in [6.07, 6.45) is -4.68. The van der Waals surface area contributed by atoms with Crippen LogP contribution in [0.15, 0.2) is 33.9 Å². The van der Waals surface area contributed by atoms with Crippen molar-refractivity contribution in [1.29, 1.82) is 0 Å². The average molecular weight is 427 g/mol. The van der Waals surface area contributed by atoms with Crippen molar-refractivity contribution in [2.75, 3.05) is 6.61 Å². The molecule has 1 saturated heterocycles. The van der Waals surface area contributed by atoms with Crippen LogP contribution in [0.25, 0.3) is 16.6 Å². The summed E-state index contributed by atoms with van der Waals surface area (Å²) < 4.78 is 56.1. The Morgan fingerprint density at radius 1 is 1.24 bits per heavy atom. The highest BCUT2D eigenvalue weighted by Crippen LogP contribution is 2.35. The van der Waals surface area contributed by atoms with E-state index in [-0.39, 0.29) is 11.8 Å². The highest BCUT2D eigenvalue weighted by molar-refractivity contribution is 7.07. The van der Waals surface area contributed by atoms with Gasteiger partial charge in [-0.3, -0.25) is 9.36 Å². The lowest BCUT2D eigenvalue weighted by Crippen LogP contribution is -2.40. The summed E-state index contributed by atoms with van der Waals surface area (Å²) in [5.74, 6) is 0. The summed E-state index contributed by atoms with van der Waals surface area (Å²) in [5, 5.41) is 0.612. The van der Waals surface area contributed by atoms with Gasteiger partial charge in [0.1, 0.15) is 5.69 Å². The van der Waals surface area contributed by atoms with Crippen LogP contribution in [0.5, 0.6) is 0 Å². The van der Waals surface area contributed by atoms with E-state index in [1.165, 1.54) is 23.7 Å². The highest BCUT2D eigenvalue weighted by Gasteiger charge is 2.35. The molecule has 1 aliphatic heterocycles. The quantitative estimate of drug-likeness (QED) is 0.629. The first-order chi connectivity index (χ1) is 13.7. The van der Waals surface area contributed by atoms with Gasteiger partial charge in [-0.2, -0.15) is 17.5 Å². The molecule has 0 radical (unpaired) electrons. The molecule has 3 aromatic rings. The Labute approximate surface area is 166 Å². The van der Waals surface area contributed by atoms with E-state index in [0.717, 1.165) is 13.5 Å². The second-order valence-corrected chi connectivity index (χ2v) is 7.53. The summed E-state index contributed by atoms with van der Waals surface area (Å²) in [4.78, 5) is 25.5. The van der Waals surface area contributed by atoms with E-state index in [9.17, 15) is 22.8 Å². The van der Waals surface area contributed by atoms with E-state index in [4.69, 9.17) is 9.47 Å². The number of hydrogen-bond acceptors (Lipinski definition) is 6. The Hall–Kier alpha value is -2.50. The first-order valence-electron chi connectivity index (χ1n) is 8.74. The lowest BCUT2D eigenvalue weighted by atomic mass is 10.2. The molecule has 1 fully saturated rings. The number of rotatable bonds is 2. The van der Waals surface area contributed by atoms with Gasteiger partial charge in [-0.05, 0) is 43.1 Å². The van der Waals surface area contributed by atoms with Crippen LogP contribution in [0.1, 0.15) is 30.2 Å². The predicted octanol–water partition coefficient (Wildman–Crippen LogP) is 2.99. The van der Waals surface area contributed by atoms with Crippen LogP contribution in [0.2, 0.25) is 0 Å². The van der Waals surface area contributed by atoms with Crippen molar-refractivity contribution in [2.24, 2.45) is 7.05 Å².